The van der Waals surface area contributed by atoms with E-state index in [1.54, 1.807) is 18.2 Å². The van der Waals surface area contributed by atoms with Crippen molar-refractivity contribution in [3.63, 3.8) is 0 Å². The van der Waals surface area contributed by atoms with E-state index in [9.17, 15) is 14.9 Å². The molecular formula is C18H16ClN3O3. The van der Waals surface area contributed by atoms with Crippen LogP contribution in [0, 0.1) is 10.1 Å². The number of nitro benzene ring substituents is 1. The molecule has 1 heterocycles. The summed E-state index contributed by atoms with van der Waals surface area (Å²) < 4.78 is 0. The van der Waals surface area contributed by atoms with Crippen LogP contribution in [0.2, 0.25) is 0 Å². The zero-order valence-corrected chi connectivity index (χ0v) is 14.1. The number of benzene rings is 2. The monoisotopic (exact) mass is 357 g/mol. The summed E-state index contributed by atoms with van der Waals surface area (Å²) in [5.74, 6) is -0.0705. The highest BCUT2D eigenvalue weighted by molar-refractivity contribution is 6.19. The van der Waals surface area contributed by atoms with Crippen molar-refractivity contribution in [2.45, 2.75) is 18.9 Å². The van der Waals surface area contributed by atoms with Crippen LogP contribution in [0.3, 0.4) is 0 Å². The summed E-state index contributed by atoms with van der Waals surface area (Å²) in [7, 11) is 0. The van der Waals surface area contributed by atoms with Gasteiger partial charge in [0.15, 0.2) is 0 Å². The molecule has 2 aromatic rings. The molecule has 6 nitrogen and oxygen atoms in total. The number of hydrazone groups is 1. The number of carbonyl (C=O) groups is 1. The van der Waals surface area contributed by atoms with E-state index in [2.05, 4.69) is 5.10 Å². The Morgan fingerprint density at radius 2 is 1.88 bits per heavy atom. The molecule has 2 aromatic carbocycles. The van der Waals surface area contributed by atoms with E-state index in [4.69, 9.17) is 11.6 Å². The SMILES string of the molecule is O=C(CCCl)N1N=C(c2ccccc2)CC1c1ccccc1[N+](=O)[O-]. The van der Waals surface area contributed by atoms with E-state index in [1.807, 2.05) is 30.3 Å². The maximum Gasteiger partial charge on any atom is 0.274 e. The summed E-state index contributed by atoms with van der Waals surface area (Å²) >= 11 is 5.70. The minimum absolute atomic E-state index is 0.0133. The third-order valence-electron chi connectivity index (χ3n) is 4.07. The molecule has 0 radical (unpaired) electrons. The van der Waals surface area contributed by atoms with Crippen LogP contribution in [-0.2, 0) is 4.79 Å². The van der Waals surface area contributed by atoms with Crippen LogP contribution in [0.25, 0.3) is 0 Å². The second-order valence-corrected chi connectivity index (χ2v) is 6.00. The standard InChI is InChI=1S/C18H16ClN3O3/c19-11-10-18(23)21-17(14-8-4-5-9-16(14)22(24)25)12-15(20-21)13-6-2-1-3-7-13/h1-9,17H,10-12H2. The molecule has 1 amide bonds. The average molecular weight is 358 g/mol. The molecule has 0 N–H and O–H groups in total. The van der Waals surface area contributed by atoms with Crippen molar-refractivity contribution < 1.29 is 9.72 Å². The summed E-state index contributed by atoms with van der Waals surface area (Å²) in [6.45, 7) is 0. The Morgan fingerprint density at radius 3 is 2.56 bits per heavy atom. The highest BCUT2D eigenvalue weighted by atomic mass is 35.5. The highest BCUT2D eigenvalue weighted by Gasteiger charge is 2.36. The molecule has 1 unspecified atom stereocenters. The van der Waals surface area contributed by atoms with Gasteiger partial charge >= 0.3 is 0 Å². The third-order valence-corrected chi connectivity index (χ3v) is 4.26. The number of para-hydroxylation sites is 1. The lowest BCUT2D eigenvalue weighted by Crippen LogP contribution is -2.27. The number of carbonyl (C=O) groups excluding carboxylic acids is 1. The van der Waals surface area contributed by atoms with Crippen molar-refractivity contribution >= 4 is 28.9 Å². The van der Waals surface area contributed by atoms with Gasteiger partial charge in [0.25, 0.3) is 5.69 Å². The summed E-state index contributed by atoms with van der Waals surface area (Å²) in [6, 6.07) is 15.4. The van der Waals surface area contributed by atoms with Crippen LogP contribution < -0.4 is 0 Å². The molecule has 0 fully saturated rings. The molecule has 1 aliphatic rings. The fraction of sp³-hybridized carbons (Fsp3) is 0.222. The van der Waals surface area contributed by atoms with Crippen molar-refractivity contribution in [2.75, 3.05) is 5.88 Å². The molecule has 1 aliphatic heterocycles. The molecule has 0 spiro atoms. The Kier molecular flexibility index (Phi) is 5.09. The lowest BCUT2D eigenvalue weighted by molar-refractivity contribution is -0.385. The summed E-state index contributed by atoms with van der Waals surface area (Å²) in [6.07, 6.45) is 0.549. The smallest absolute Gasteiger partial charge is 0.273 e. The quantitative estimate of drug-likeness (QED) is 0.462. The first-order valence-electron chi connectivity index (χ1n) is 7.86. The molecule has 0 saturated heterocycles. The maximum atomic E-state index is 12.5. The average Bonchev–Trinajstić information content (AvgIpc) is 3.08. The third kappa shape index (κ3) is 3.53. The number of hydrogen-bond donors (Lipinski definition) is 0. The van der Waals surface area contributed by atoms with Crippen LogP contribution in [-0.4, -0.2) is 27.4 Å². The minimum Gasteiger partial charge on any atom is -0.273 e. The number of halogens is 1. The first-order valence-corrected chi connectivity index (χ1v) is 8.39. The number of rotatable bonds is 5. The number of hydrogen-bond acceptors (Lipinski definition) is 4. The molecule has 0 aliphatic carbocycles. The Balaban J connectivity index is 2.01. The Labute approximate surface area is 149 Å². The molecule has 0 bridgehead atoms. The van der Waals surface area contributed by atoms with E-state index < -0.39 is 11.0 Å². The second kappa shape index (κ2) is 7.44. The van der Waals surface area contributed by atoms with Crippen molar-refractivity contribution in [2.24, 2.45) is 5.10 Å². The lowest BCUT2D eigenvalue weighted by atomic mass is 9.97. The Hall–Kier alpha value is -2.73. The highest BCUT2D eigenvalue weighted by Crippen LogP contribution is 2.37. The van der Waals surface area contributed by atoms with E-state index in [-0.39, 0.29) is 23.9 Å². The normalized spacial score (nSPS) is 16.6. The minimum atomic E-state index is -0.507. The number of amides is 1. The van der Waals surface area contributed by atoms with Crippen LogP contribution in [0.5, 0.6) is 0 Å². The van der Waals surface area contributed by atoms with Gasteiger partial charge in [0.1, 0.15) is 0 Å². The molecule has 128 valence electrons. The number of nitrogens with zero attached hydrogens (tertiary/aromatic N) is 3. The van der Waals surface area contributed by atoms with Crippen LogP contribution in [0.1, 0.15) is 30.0 Å². The summed E-state index contributed by atoms with van der Waals surface area (Å²) in [4.78, 5) is 23.4. The fourth-order valence-electron chi connectivity index (χ4n) is 2.92. The van der Waals surface area contributed by atoms with E-state index >= 15 is 0 Å². The van der Waals surface area contributed by atoms with Crippen LogP contribution in [0.4, 0.5) is 5.69 Å². The van der Waals surface area contributed by atoms with Gasteiger partial charge in [-0.25, -0.2) is 5.01 Å². The maximum absolute atomic E-state index is 12.5. The van der Waals surface area contributed by atoms with Crippen molar-refractivity contribution in [3.05, 3.63) is 75.8 Å². The van der Waals surface area contributed by atoms with Gasteiger partial charge in [0.2, 0.25) is 5.91 Å². The molecule has 7 heteroatoms. The van der Waals surface area contributed by atoms with Gasteiger partial charge in [0.05, 0.1) is 22.2 Å². The van der Waals surface area contributed by atoms with Crippen LogP contribution >= 0.6 is 11.6 Å². The van der Waals surface area contributed by atoms with Crippen molar-refractivity contribution in [3.8, 4) is 0 Å². The molecular weight excluding hydrogens is 342 g/mol. The van der Waals surface area contributed by atoms with Gasteiger partial charge in [-0.15, -0.1) is 11.6 Å². The molecule has 3 rings (SSSR count). The Bertz CT molecular complexity index is 823. The molecule has 0 aromatic heterocycles. The summed E-state index contributed by atoms with van der Waals surface area (Å²) in [5, 5.41) is 17.2. The number of alkyl halides is 1. The zero-order chi connectivity index (χ0) is 17.8. The van der Waals surface area contributed by atoms with Gasteiger partial charge in [-0.05, 0) is 11.6 Å². The predicted molar refractivity (Wildman–Crippen MR) is 95.6 cm³/mol. The topological polar surface area (TPSA) is 75.8 Å². The van der Waals surface area contributed by atoms with Gasteiger partial charge in [0, 0.05) is 24.8 Å². The number of nitro groups is 1. The van der Waals surface area contributed by atoms with Gasteiger partial charge in [-0.3, -0.25) is 14.9 Å². The largest absolute Gasteiger partial charge is 0.274 e. The lowest BCUT2D eigenvalue weighted by Gasteiger charge is -2.21. The van der Waals surface area contributed by atoms with Crippen LogP contribution in [0.15, 0.2) is 59.7 Å². The summed E-state index contributed by atoms with van der Waals surface area (Å²) in [5.41, 5.74) is 2.09. The molecule has 1 atom stereocenters. The van der Waals surface area contributed by atoms with E-state index in [0.29, 0.717) is 12.0 Å². The van der Waals surface area contributed by atoms with E-state index in [1.165, 1.54) is 11.1 Å². The Morgan fingerprint density at radius 1 is 1.20 bits per heavy atom. The van der Waals surface area contributed by atoms with Gasteiger partial charge in [-0.2, -0.15) is 5.10 Å². The second-order valence-electron chi connectivity index (χ2n) is 5.63. The molecule has 25 heavy (non-hydrogen) atoms. The van der Waals surface area contributed by atoms with Crippen molar-refractivity contribution in [1.82, 2.24) is 5.01 Å². The molecule has 0 saturated carbocycles. The van der Waals surface area contributed by atoms with Gasteiger partial charge < -0.3 is 0 Å². The predicted octanol–water partition coefficient (Wildman–Crippen LogP) is 3.90. The van der Waals surface area contributed by atoms with Crippen molar-refractivity contribution in [1.29, 1.82) is 0 Å². The first-order chi connectivity index (χ1) is 12.1. The fourth-order valence-corrected chi connectivity index (χ4v) is 3.08. The van der Waals surface area contributed by atoms with E-state index in [0.717, 1.165) is 11.3 Å². The van der Waals surface area contributed by atoms with Gasteiger partial charge in [-0.1, -0.05) is 42.5 Å². The first kappa shape index (κ1) is 17.1. The zero-order valence-electron chi connectivity index (χ0n) is 13.3.